The molecule has 0 N–H and O–H groups in total. The smallest absolute Gasteiger partial charge is 0.119 e. The third-order valence-corrected chi connectivity index (χ3v) is 3.03. The summed E-state index contributed by atoms with van der Waals surface area (Å²) in [5.41, 5.74) is 1.36. The molecule has 16 heavy (non-hydrogen) atoms. The van der Waals surface area contributed by atoms with Gasteiger partial charge in [0.25, 0.3) is 0 Å². The minimum atomic E-state index is 0.537. The largest absolute Gasteiger partial charge is 0.492 e. The number of likely N-dealkylation sites (tertiary alicyclic amines) is 1. The van der Waals surface area contributed by atoms with Gasteiger partial charge in [-0.2, -0.15) is 0 Å². The standard InChI is InChI=1S/C13H18ClNO/c14-7-10-16-13-5-3-12(4-6-13)11-15-8-1-2-9-15/h3-6H,1-2,7-11H2. The molecule has 1 aromatic carbocycles. The molecule has 88 valence electrons. The van der Waals surface area contributed by atoms with Crippen molar-refractivity contribution in [2.24, 2.45) is 0 Å². The summed E-state index contributed by atoms with van der Waals surface area (Å²) in [6, 6.07) is 8.33. The Hall–Kier alpha value is -0.730. The molecular weight excluding hydrogens is 222 g/mol. The lowest BCUT2D eigenvalue weighted by atomic mass is 10.2. The second-order valence-corrected chi connectivity index (χ2v) is 4.54. The van der Waals surface area contributed by atoms with Gasteiger partial charge < -0.3 is 4.74 Å². The van der Waals surface area contributed by atoms with Crippen LogP contribution in [-0.4, -0.2) is 30.5 Å². The first-order valence-electron chi connectivity index (χ1n) is 5.88. The van der Waals surface area contributed by atoms with Crippen LogP contribution in [0.15, 0.2) is 24.3 Å². The van der Waals surface area contributed by atoms with E-state index >= 15 is 0 Å². The van der Waals surface area contributed by atoms with Crippen LogP contribution in [0.5, 0.6) is 5.75 Å². The molecular formula is C13H18ClNO. The van der Waals surface area contributed by atoms with Gasteiger partial charge in [-0.25, -0.2) is 0 Å². The van der Waals surface area contributed by atoms with Crippen molar-refractivity contribution in [3.05, 3.63) is 29.8 Å². The molecule has 0 spiro atoms. The normalized spacial score (nSPS) is 16.6. The molecule has 2 rings (SSSR count). The maximum absolute atomic E-state index is 5.56. The lowest BCUT2D eigenvalue weighted by Gasteiger charge is -2.14. The first kappa shape index (κ1) is 11.7. The summed E-state index contributed by atoms with van der Waals surface area (Å²) in [4.78, 5) is 2.49. The van der Waals surface area contributed by atoms with Gasteiger partial charge >= 0.3 is 0 Å². The molecule has 0 amide bonds. The highest BCUT2D eigenvalue weighted by Gasteiger charge is 2.11. The zero-order valence-corrected chi connectivity index (χ0v) is 10.2. The van der Waals surface area contributed by atoms with Gasteiger partial charge in [-0.15, -0.1) is 11.6 Å². The third-order valence-electron chi connectivity index (χ3n) is 2.87. The van der Waals surface area contributed by atoms with Crippen molar-refractivity contribution < 1.29 is 4.74 Å². The van der Waals surface area contributed by atoms with E-state index < -0.39 is 0 Å². The molecule has 2 nitrogen and oxygen atoms in total. The Labute approximate surface area is 102 Å². The maximum Gasteiger partial charge on any atom is 0.119 e. The van der Waals surface area contributed by atoms with Gasteiger partial charge in [-0.05, 0) is 43.6 Å². The quantitative estimate of drug-likeness (QED) is 0.733. The molecule has 0 atom stereocenters. The lowest BCUT2D eigenvalue weighted by molar-refractivity contribution is 0.329. The minimum Gasteiger partial charge on any atom is -0.492 e. The van der Waals surface area contributed by atoms with E-state index in [0.29, 0.717) is 12.5 Å². The fourth-order valence-corrected chi connectivity index (χ4v) is 2.12. The summed E-state index contributed by atoms with van der Waals surface area (Å²) in [6.45, 7) is 4.12. The topological polar surface area (TPSA) is 12.5 Å². The molecule has 0 unspecified atom stereocenters. The fourth-order valence-electron chi connectivity index (χ4n) is 2.05. The van der Waals surface area contributed by atoms with Crippen molar-refractivity contribution in [1.82, 2.24) is 4.90 Å². The van der Waals surface area contributed by atoms with E-state index in [1.54, 1.807) is 0 Å². The molecule has 1 aliphatic heterocycles. The summed E-state index contributed by atoms with van der Waals surface area (Å²) in [7, 11) is 0. The predicted octanol–water partition coefficient (Wildman–Crippen LogP) is 2.90. The average Bonchev–Trinajstić information content (AvgIpc) is 2.81. The number of halogens is 1. The molecule has 1 fully saturated rings. The van der Waals surface area contributed by atoms with Crippen molar-refractivity contribution in [1.29, 1.82) is 0 Å². The van der Waals surface area contributed by atoms with Crippen molar-refractivity contribution in [2.75, 3.05) is 25.6 Å². The van der Waals surface area contributed by atoms with Crippen LogP contribution in [-0.2, 0) is 6.54 Å². The molecule has 0 bridgehead atoms. The predicted molar refractivity (Wildman–Crippen MR) is 67.2 cm³/mol. The summed E-state index contributed by atoms with van der Waals surface area (Å²) < 4.78 is 5.43. The molecule has 0 radical (unpaired) electrons. The van der Waals surface area contributed by atoms with Crippen molar-refractivity contribution in [2.45, 2.75) is 19.4 Å². The number of hydrogen-bond acceptors (Lipinski definition) is 2. The number of alkyl halides is 1. The molecule has 0 aliphatic carbocycles. The van der Waals surface area contributed by atoms with Crippen LogP contribution in [0.3, 0.4) is 0 Å². The Kier molecular flexibility index (Phi) is 4.49. The van der Waals surface area contributed by atoms with E-state index in [4.69, 9.17) is 16.3 Å². The second-order valence-electron chi connectivity index (χ2n) is 4.16. The first-order chi connectivity index (χ1) is 7.88. The Morgan fingerprint density at radius 2 is 1.81 bits per heavy atom. The SMILES string of the molecule is ClCCOc1ccc(CN2CCCC2)cc1. The maximum atomic E-state index is 5.56. The third kappa shape index (κ3) is 3.39. The van der Waals surface area contributed by atoms with Gasteiger partial charge in [0, 0.05) is 6.54 Å². The zero-order valence-electron chi connectivity index (χ0n) is 9.49. The summed E-state index contributed by atoms with van der Waals surface area (Å²) in [5, 5.41) is 0. The first-order valence-corrected chi connectivity index (χ1v) is 6.42. The van der Waals surface area contributed by atoms with Gasteiger partial charge in [-0.3, -0.25) is 4.90 Å². The van der Waals surface area contributed by atoms with Crippen LogP contribution in [0.25, 0.3) is 0 Å². The van der Waals surface area contributed by atoms with E-state index in [9.17, 15) is 0 Å². The molecule has 0 saturated carbocycles. The molecule has 1 aliphatic rings. The summed E-state index contributed by atoms with van der Waals surface area (Å²) in [5.74, 6) is 1.45. The van der Waals surface area contributed by atoms with E-state index in [0.717, 1.165) is 12.3 Å². The Bertz CT molecular complexity index is 306. The van der Waals surface area contributed by atoms with E-state index in [1.165, 1.54) is 31.5 Å². The number of nitrogens with zero attached hydrogens (tertiary/aromatic N) is 1. The van der Waals surface area contributed by atoms with E-state index in [1.807, 2.05) is 12.1 Å². The van der Waals surface area contributed by atoms with Gasteiger partial charge in [0.2, 0.25) is 0 Å². The highest BCUT2D eigenvalue weighted by molar-refractivity contribution is 6.17. The second kappa shape index (κ2) is 6.12. The van der Waals surface area contributed by atoms with Crippen molar-refractivity contribution >= 4 is 11.6 Å². The summed E-state index contributed by atoms with van der Waals surface area (Å²) >= 11 is 5.56. The minimum absolute atomic E-state index is 0.537. The summed E-state index contributed by atoms with van der Waals surface area (Å²) in [6.07, 6.45) is 2.69. The lowest BCUT2D eigenvalue weighted by Crippen LogP contribution is -2.18. The molecule has 0 aromatic heterocycles. The van der Waals surface area contributed by atoms with Crippen LogP contribution in [0.4, 0.5) is 0 Å². The monoisotopic (exact) mass is 239 g/mol. The van der Waals surface area contributed by atoms with Crippen LogP contribution < -0.4 is 4.74 Å². The Balaban J connectivity index is 1.86. The molecule has 1 saturated heterocycles. The molecule has 1 heterocycles. The fraction of sp³-hybridized carbons (Fsp3) is 0.538. The Morgan fingerprint density at radius 1 is 1.12 bits per heavy atom. The van der Waals surface area contributed by atoms with Crippen LogP contribution in [0.1, 0.15) is 18.4 Å². The van der Waals surface area contributed by atoms with Gasteiger partial charge in [-0.1, -0.05) is 12.1 Å². The highest BCUT2D eigenvalue weighted by Crippen LogP contribution is 2.16. The van der Waals surface area contributed by atoms with Crippen LogP contribution in [0.2, 0.25) is 0 Å². The average molecular weight is 240 g/mol. The Morgan fingerprint density at radius 3 is 2.44 bits per heavy atom. The van der Waals surface area contributed by atoms with Gasteiger partial charge in [0.15, 0.2) is 0 Å². The van der Waals surface area contributed by atoms with E-state index in [2.05, 4.69) is 17.0 Å². The van der Waals surface area contributed by atoms with Gasteiger partial charge in [0.1, 0.15) is 12.4 Å². The number of rotatable bonds is 5. The number of benzene rings is 1. The van der Waals surface area contributed by atoms with Crippen LogP contribution in [0, 0.1) is 0 Å². The molecule has 3 heteroatoms. The van der Waals surface area contributed by atoms with Crippen molar-refractivity contribution in [3.8, 4) is 5.75 Å². The van der Waals surface area contributed by atoms with Crippen molar-refractivity contribution in [3.63, 3.8) is 0 Å². The number of ether oxygens (including phenoxy) is 1. The van der Waals surface area contributed by atoms with Crippen LogP contribution >= 0.6 is 11.6 Å². The highest BCUT2D eigenvalue weighted by atomic mass is 35.5. The molecule has 1 aromatic rings. The van der Waals surface area contributed by atoms with E-state index in [-0.39, 0.29) is 0 Å². The van der Waals surface area contributed by atoms with Gasteiger partial charge in [0.05, 0.1) is 5.88 Å². The zero-order chi connectivity index (χ0) is 11.2. The number of hydrogen-bond donors (Lipinski definition) is 0.